The summed E-state index contributed by atoms with van der Waals surface area (Å²) >= 11 is 0. The van der Waals surface area contributed by atoms with Crippen LogP contribution in [0.1, 0.15) is 51.0 Å². The summed E-state index contributed by atoms with van der Waals surface area (Å²) in [6, 6.07) is 14.0. The van der Waals surface area contributed by atoms with Gasteiger partial charge in [-0.2, -0.15) is 0 Å². The number of likely N-dealkylation sites (tertiary alicyclic amines) is 1. The SMILES string of the molecule is CC(C)(C)OC(=O)N1CCC[C@@H]1c1nc2cccnc2n1Cc1ccccc1. The van der Waals surface area contributed by atoms with Gasteiger partial charge in [0.05, 0.1) is 12.6 Å². The van der Waals surface area contributed by atoms with E-state index in [0.717, 1.165) is 29.8 Å². The maximum Gasteiger partial charge on any atom is 0.410 e. The molecule has 6 heteroatoms. The monoisotopic (exact) mass is 378 g/mol. The fourth-order valence-corrected chi connectivity index (χ4v) is 3.73. The molecule has 1 fully saturated rings. The Bertz CT molecular complexity index is 975. The van der Waals surface area contributed by atoms with E-state index in [0.29, 0.717) is 13.1 Å². The number of rotatable bonds is 3. The smallest absolute Gasteiger partial charge is 0.410 e. The molecule has 1 saturated heterocycles. The molecule has 4 rings (SSSR count). The number of carbonyl (C=O) groups is 1. The van der Waals surface area contributed by atoms with Crippen molar-refractivity contribution in [2.75, 3.05) is 6.54 Å². The Kier molecular flexibility index (Phi) is 4.79. The number of hydrogen-bond donors (Lipinski definition) is 0. The second kappa shape index (κ2) is 7.26. The normalized spacial score (nSPS) is 17.2. The third-order valence-electron chi connectivity index (χ3n) is 4.90. The van der Waals surface area contributed by atoms with Crippen molar-refractivity contribution in [1.82, 2.24) is 19.4 Å². The van der Waals surface area contributed by atoms with Crippen LogP contribution in [0.5, 0.6) is 0 Å². The van der Waals surface area contributed by atoms with Crippen molar-refractivity contribution in [3.8, 4) is 0 Å². The van der Waals surface area contributed by atoms with E-state index in [1.807, 2.05) is 56.0 Å². The number of ether oxygens (including phenoxy) is 1. The van der Waals surface area contributed by atoms with Crippen molar-refractivity contribution in [1.29, 1.82) is 0 Å². The largest absolute Gasteiger partial charge is 0.444 e. The highest BCUT2D eigenvalue weighted by molar-refractivity contribution is 5.73. The number of amides is 1. The predicted molar refractivity (Wildman–Crippen MR) is 108 cm³/mol. The van der Waals surface area contributed by atoms with Gasteiger partial charge >= 0.3 is 6.09 Å². The summed E-state index contributed by atoms with van der Waals surface area (Å²) in [6.07, 6.45) is 3.32. The molecule has 1 amide bonds. The molecule has 3 aromatic rings. The molecule has 3 heterocycles. The number of benzene rings is 1. The van der Waals surface area contributed by atoms with E-state index in [9.17, 15) is 4.79 Å². The second-order valence-corrected chi connectivity index (χ2v) is 8.22. The molecular weight excluding hydrogens is 352 g/mol. The lowest BCUT2D eigenvalue weighted by molar-refractivity contribution is 0.0216. The Labute approximate surface area is 165 Å². The molecule has 0 radical (unpaired) electrons. The van der Waals surface area contributed by atoms with Gasteiger partial charge in [-0.15, -0.1) is 0 Å². The number of aromatic nitrogens is 3. The van der Waals surface area contributed by atoms with Gasteiger partial charge < -0.3 is 9.30 Å². The lowest BCUT2D eigenvalue weighted by atomic mass is 10.2. The third-order valence-corrected chi connectivity index (χ3v) is 4.90. The predicted octanol–water partition coefficient (Wildman–Crippen LogP) is 4.55. The van der Waals surface area contributed by atoms with Crippen LogP contribution in [0.2, 0.25) is 0 Å². The van der Waals surface area contributed by atoms with Crippen molar-refractivity contribution < 1.29 is 9.53 Å². The molecule has 2 aromatic heterocycles. The summed E-state index contributed by atoms with van der Waals surface area (Å²) in [4.78, 5) is 24.0. The van der Waals surface area contributed by atoms with E-state index in [2.05, 4.69) is 21.7 Å². The van der Waals surface area contributed by atoms with E-state index >= 15 is 0 Å². The number of fused-ring (bicyclic) bond motifs is 1. The highest BCUT2D eigenvalue weighted by Crippen LogP contribution is 2.34. The first-order valence-corrected chi connectivity index (χ1v) is 9.77. The average molecular weight is 378 g/mol. The van der Waals surface area contributed by atoms with E-state index in [4.69, 9.17) is 9.72 Å². The van der Waals surface area contributed by atoms with Crippen LogP contribution in [-0.4, -0.2) is 37.7 Å². The summed E-state index contributed by atoms with van der Waals surface area (Å²) in [7, 11) is 0. The Balaban J connectivity index is 1.73. The second-order valence-electron chi connectivity index (χ2n) is 8.22. The van der Waals surface area contributed by atoms with Gasteiger partial charge in [0, 0.05) is 12.7 Å². The van der Waals surface area contributed by atoms with Gasteiger partial charge in [-0.3, -0.25) is 4.90 Å². The van der Waals surface area contributed by atoms with Crippen molar-refractivity contribution in [2.45, 2.75) is 51.8 Å². The number of imidazole rings is 1. The minimum atomic E-state index is -0.518. The molecule has 1 aliphatic heterocycles. The van der Waals surface area contributed by atoms with Crippen LogP contribution < -0.4 is 0 Å². The minimum absolute atomic E-state index is 0.104. The van der Waals surface area contributed by atoms with Crippen LogP contribution in [0.25, 0.3) is 11.2 Å². The van der Waals surface area contributed by atoms with Gasteiger partial charge in [-0.25, -0.2) is 14.8 Å². The summed E-state index contributed by atoms with van der Waals surface area (Å²) in [5.74, 6) is 0.876. The van der Waals surface area contributed by atoms with E-state index in [-0.39, 0.29) is 12.1 Å². The van der Waals surface area contributed by atoms with Crippen LogP contribution in [0.15, 0.2) is 48.7 Å². The molecule has 0 spiro atoms. The summed E-state index contributed by atoms with van der Waals surface area (Å²) in [6.45, 7) is 7.03. The van der Waals surface area contributed by atoms with Crippen molar-refractivity contribution in [2.24, 2.45) is 0 Å². The van der Waals surface area contributed by atoms with E-state index in [1.54, 1.807) is 6.20 Å². The molecule has 6 nitrogen and oxygen atoms in total. The fraction of sp³-hybridized carbons (Fsp3) is 0.409. The molecule has 1 aromatic carbocycles. The lowest BCUT2D eigenvalue weighted by Crippen LogP contribution is -2.37. The van der Waals surface area contributed by atoms with E-state index in [1.165, 1.54) is 5.56 Å². The first-order chi connectivity index (χ1) is 13.4. The Morgan fingerprint density at radius 1 is 1.18 bits per heavy atom. The number of pyridine rings is 1. The zero-order valence-corrected chi connectivity index (χ0v) is 16.6. The average Bonchev–Trinajstić information content (AvgIpc) is 3.26. The molecule has 1 aliphatic rings. The Morgan fingerprint density at radius 2 is 1.96 bits per heavy atom. The van der Waals surface area contributed by atoms with Gasteiger partial charge in [0.25, 0.3) is 0 Å². The van der Waals surface area contributed by atoms with E-state index < -0.39 is 5.60 Å². The van der Waals surface area contributed by atoms with Gasteiger partial charge in [0.1, 0.15) is 16.9 Å². The molecule has 0 N–H and O–H groups in total. The Hall–Kier alpha value is -2.89. The molecule has 28 heavy (non-hydrogen) atoms. The highest BCUT2D eigenvalue weighted by Gasteiger charge is 2.36. The van der Waals surface area contributed by atoms with Gasteiger partial charge in [0.15, 0.2) is 5.65 Å². The first kappa shape index (κ1) is 18.5. The molecule has 0 aliphatic carbocycles. The zero-order valence-electron chi connectivity index (χ0n) is 16.6. The van der Waals surface area contributed by atoms with Gasteiger partial charge in [-0.05, 0) is 51.3 Å². The molecule has 0 bridgehead atoms. The van der Waals surface area contributed by atoms with Crippen molar-refractivity contribution >= 4 is 17.3 Å². The van der Waals surface area contributed by atoms with Gasteiger partial charge in [-0.1, -0.05) is 30.3 Å². The van der Waals surface area contributed by atoms with Crippen LogP contribution in [0.3, 0.4) is 0 Å². The van der Waals surface area contributed by atoms with Gasteiger partial charge in [0.2, 0.25) is 0 Å². The number of carbonyl (C=O) groups excluding carboxylic acids is 1. The van der Waals surface area contributed by atoms with Crippen molar-refractivity contribution in [3.63, 3.8) is 0 Å². The quantitative estimate of drug-likeness (QED) is 0.671. The maximum atomic E-state index is 12.8. The third kappa shape index (κ3) is 3.72. The zero-order chi connectivity index (χ0) is 19.7. The summed E-state index contributed by atoms with van der Waals surface area (Å²) in [5, 5.41) is 0. The maximum absolute atomic E-state index is 12.8. The Morgan fingerprint density at radius 3 is 2.71 bits per heavy atom. The molecule has 0 saturated carbocycles. The topological polar surface area (TPSA) is 60.2 Å². The lowest BCUT2D eigenvalue weighted by Gasteiger charge is -2.28. The molecule has 1 atom stereocenters. The van der Waals surface area contributed by atoms with Crippen LogP contribution in [0.4, 0.5) is 4.79 Å². The highest BCUT2D eigenvalue weighted by atomic mass is 16.6. The standard InChI is InChI=1S/C22H26N4O2/c1-22(2,3)28-21(27)25-14-8-12-18(25)20-24-17-11-7-13-23-19(17)26(20)15-16-9-5-4-6-10-16/h4-7,9-11,13,18H,8,12,14-15H2,1-3H3/t18-/m1/s1. The number of nitrogens with zero attached hydrogens (tertiary/aromatic N) is 4. The fourth-order valence-electron chi connectivity index (χ4n) is 3.73. The first-order valence-electron chi connectivity index (χ1n) is 9.77. The molecular formula is C22H26N4O2. The molecule has 0 unspecified atom stereocenters. The van der Waals surface area contributed by atoms with Crippen LogP contribution in [0, 0.1) is 0 Å². The summed E-state index contributed by atoms with van der Waals surface area (Å²) in [5.41, 5.74) is 2.35. The molecule has 146 valence electrons. The van der Waals surface area contributed by atoms with Crippen LogP contribution >= 0.6 is 0 Å². The van der Waals surface area contributed by atoms with Crippen LogP contribution in [-0.2, 0) is 11.3 Å². The number of hydrogen-bond acceptors (Lipinski definition) is 4. The summed E-state index contributed by atoms with van der Waals surface area (Å²) < 4.78 is 7.78. The van der Waals surface area contributed by atoms with Crippen molar-refractivity contribution in [3.05, 3.63) is 60.0 Å². The minimum Gasteiger partial charge on any atom is -0.444 e.